The molecule has 1 aliphatic carbocycles. The molecule has 1 saturated carbocycles. The van der Waals surface area contributed by atoms with Crippen molar-refractivity contribution in [2.24, 2.45) is 0 Å². The Morgan fingerprint density at radius 3 is 2.84 bits per heavy atom. The molecule has 0 spiro atoms. The van der Waals surface area contributed by atoms with Gasteiger partial charge in [-0.1, -0.05) is 12.8 Å². The van der Waals surface area contributed by atoms with E-state index in [1.807, 2.05) is 0 Å². The van der Waals surface area contributed by atoms with Crippen molar-refractivity contribution in [2.45, 2.75) is 31.3 Å². The third-order valence-electron chi connectivity index (χ3n) is 3.68. The quantitative estimate of drug-likeness (QED) is 0.864. The third-order valence-corrected chi connectivity index (χ3v) is 3.68. The second kappa shape index (κ2) is 5.57. The van der Waals surface area contributed by atoms with Crippen molar-refractivity contribution in [1.82, 2.24) is 9.88 Å². The number of carbonyl (C=O) groups is 1. The fraction of sp³-hybridized carbons (Fsp3) is 0.571. The number of aromatic nitrogens is 1. The second-order valence-electron chi connectivity index (χ2n) is 5.27. The molecule has 2 rings (SSSR count). The highest BCUT2D eigenvalue weighted by molar-refractivity contribution is 5.93. The number of rotatable bonds is 4. The van der Waals surface area contributed by atoms with Crippen LogP contribution in [0.5, 0.6) is 0 Å². The predicted molar refractivity (Wildman–Crippen MR) is 74.2 cm³/mol. The van der Waals surface area contributed by atoms with Crippen LogP contribution in [0.15, 0.2) is 18.3 Å². The summed E-state index contributed by atoms with van der Waals surface area (Å²) in [5, 5.41) is 13.3. The van der Waals surface area contributed by atoms with Gasteiger partial charge < -0.3 is 15.3 Å². The zero-order chi connectivity index (χ0) is 13.9. The second-order valence-corrected chi connectivity index (χ2v) is 5.27. The van der Waals surface area contributed by atoms with E-state index in [0.717, 1.165) is 31.4 Å². The number of nitrogens with zero attached hydrogens (tertiary/aromatic N) is 2. The maximum absolute atomic E-state index is 12.3. The first kappa shape index (κ1) is 13.8. The molecule has 0 aliphatic heterocycles. The van der Waals surface area contributed by atoms with Crippen molar-refractivity contribution in [2.75, 3.05) is 26.0 Å². The molecule has 0 bridgehead atoms. The van der Waals surface area contributed by atoms with Crippen molar-refractivity contribution in [3.63, 3.8) is 0 Å². The minimum atomic E-state index is -0.717. The topological polar surface area (TPSA) is 65.5 Å². The van der Waals surface area contributed by atoms with Crippen LogP contribution in [0.1, 0.15) is 36.2 Å². The molecule has 19 heavy (non-hydrogen) atoms. The van der Waals surface area contributed by atoms with E-state index in [4.69, 9.17) is 0 Å². The summed E-state index contributed by atoms with van der Waals surface area (Å²) in [6.07, 6.45) is 5.22. The Balaban J connectivity index is 2.05. The normalized spacial score (nSPS) is 17.2. The molecule has 1 aromatic heterocycles. The largest absolute Gasteiger partial charge is 0.388 e. The molecule has 104 valence electrons. The average molecular weight is 263 g/mol. The molecule has 1 aromatic rings. The zero-order valence-electron chi connectivity index (χ0n) is 11.5. The molecule has 5 heteroatoms. The molecule has 0 unspecified atom stereocenters. The minimum absolute atomic E-state index is 0.155. The summed E-state index contributed by atoms with van der Waals surface area (Å²) in [5.41, 5.74) is 0.535. The van der Waals surface area contributed by atoms with Crippen molar-refractivity contribution in [1.29, 1.82) is 0 Å². The van der Waals surface area contributed by atoms with Gasteiger partial charge in [0, 0.05) is 32.5 Å². The number of nitrogens with one attached hydrogen (secondary N) is 1. The SMILES string of the molecule is CNc1ccnc(C(=O)N(C)CC2(O)CCCC2)c1. The summed E-state index contributed by atoms with van der Waals surface area (Å²) >= 11 is 0. The van der Waals surface area contributed by atoms with Gasteiger partial charge >= 0.3 is 0 Å². The lowest BCUT2D eigenvalue weighted by Gasteiger charge is -2.28. The van der Waals surface area contributed by atoms with E-state index >= 15 is 0 Å². The number of amides is 1. The van der Waals surface area contributed by atoms with E-state index < -0.39 is 5.60 Å². The van der Waals surface area contributed by atoms with E-state index in [1.165, 1.54) is 0 Å². The molecule has 1 heterocycles. The van der Waals surface area contributed by atoms with Gasteiger partial charge in [-0.05, 0) is 25.0 Å². The van der Waals surface area contributed by atoms with Crippen molar-refractivity contribution in [3.8, 4) is 0 Å². The first-order chi connectivity index (χ1) is 9.04. The molecule has 0 radical (unpaired) electrons. The summed E-state index contributed by atoms with van der Waals surface area (Å²) in [6.45, 7) is 0.372. The van der Waals surface area contributed by atoms with Gasteiger partial charge in [-0.15, -0.1) is 0 Å². The average Bonchev–Trinajstić information content (AvgIpc) is 2.84. The van der Waals surface area contributed by atoms with Crippen LogP contribution in [0.3, 0.4) is 0 Å². The van der Waals surface area contributed by atoms with Crippen LogP contribution < -0.4 is 5.32 Å². The maximum Gasteiger partial charge on any atom is 0.272 e. The Hall–Kier alpha value is -1.62. The number of hydrogen-bond acceptors (Lipinski definition) is 4. The zero-order valence-corrected chi connectivity index (χ0v) is 11.5. The van der Waals surface area contributed by atoms with Crippen LogP contribution in [0.4, 0.5) is 5.69 Å². The summed E-state index contributed by atoms with van der Waals surface area (Å²) < 4.78 is 0. The lowest BCUT2D eigenvalue weighted by molar-refractivity contribution is 0.0155. The van der Waals surface area contributed by atoms with E-state index in [1.54, 1.807) is 37.3 Å². The number of aliphatic hydroxyl groups is 1. The van der Waals surface area contributed by atoms with Crippen LogP contribution in [-0.2, 0) is 0 Å². The van der Waals surface area contributed by atoms with Gasteiger partial charge in [-0.2, -0.15) is 0 Å². The first-order valence-corrected chi connectivity index (χ1v) is 6.66. The van der Waals surface area contributed by atoms with Crippen LogP contribution in [-0.4, -0.2) is 47.1 Å². The van der Waals surface area contributed by atoms with E-state index in [0.29, 0.717) is 12.2 Å². The Morgan fingerprint density at radius 2 is 2.21 bits per heavy atom. The van der Waals surface area contributed by atoms with E-state index in [2.05, 4.69) is 10.3 Å². The highest BCUT2D eigenvalue weighted by atomic mass is 16.3. The first-order valence-electron chi connectivity index (χ1n) is 6.66. The van der Waals surface area contributed by atoms with Crippen LogP contribution >= 0.6 is 0 Å². The van der Waals surface area contributed by atoms with E-state index in [9.17, 15) is 9.90 Å². The lowest BCUT2D eigenvalue weighted by Crippen LogP contribution is -2.42. The molecule has 5 nitrogen and oxygen atoms in total. The molecule has 2 N–H and O–H groups in total. The van der Waals surface area contributed by atoms with Crippen molar-refractivity contribution >= 4 is 11.6 Å². The molecular weight excluding hydrogens is 242 g/mol. The van der Waals surface area contributed by atoms with Crippen molar-refractivity contribution < 1.29 is 9.90 Å². The van der Waals surface area contributed by atoms with Gasteiger partial charge in [0.15, 0.2) is 0 Å². The lowest BCUT2D eigenvalue weighted by atomic mass is 10.0. The third kappa shape index (κ3) is 3.23. The summed E-state index contributed by atoms with van der Waals surface area (Å²) in [6, 6.07) is 3.53. The van der Waals surface area contributed by atoms with Crippen LogP contribution in [0.25, 0.3) is 0 Å². The van der Waals surface area contributed by atoms with Gasteiger partial charge in [0.05, 0.1) is 5.60 Å². The van der Waals surface area contributed by atoms with Gasteiger partial charge in [0.25, 0.3) is 5.91 Å². The summed E-state index contributed by atoms with van der Waals surface area (Å²) in [5.74, 6) is -0.155. The fourth-order valence-corrected chi connectivity index (χ4v) is 2.60. The fourth-order valence-electron chi connectivity index (χ4n) is 2.60. The van der Waals surface area contributed by atoms with E-state index in [-0.39, 0.29) is 5.91 Å². The molecule has 0 atom stereocenters. The van der Waals surface area contributed by atoms with Crippen LogP contribution in [0, 0.1) is 0 Å². The predicted octanol–water partition coefficient (Wildman–Crippen LogP) is 1.50. The van der Waals surface area contributed by atoms with Gasteiger partial charge in [0.1, 0.15) is 5.69 Å². The minimum Gasteiger partial charge on any atom is -0.388 e. The van der Waals surface area contributed by atoms with Crippen LogP contribution in [0.2, 0.25) is 0 Å². The number of anilines is 1. The Bertz CT molecular complexity index is 456. The van der Waals surface area contributed by atoms with Gasteiger partial charge in [0.2, 0.25) is 0 Å². The number of carbonyl (C=O) groups excluding carboxylic acids is 1. The van der Waals surface area contributed by atoms with Gasteiger partial charge in [-0.3, -0.25) is 9.78 Å². The highest BCUT2D eigenvalue weighted by Crippen LogP contribution is 2.30. The smallest absolute Gasteiger partial charge is 0.272 e. The highest BCUT2D eigenvalue weighted by Gasteiger charge is 2.33. The number of pyridine rings is 1. The molecule has 1 fully saturated rings. The molecular formula is C14H21N3O2. The monoisotopic (exact) mass is 263 g/mol. The number of hydrogen-bond donors (Lipinski definition) is 2. The van der Waals surface area contributed by atoms with Crippen molar-refractivity contribution in [3.05, 3.63) is 24.0 Å². The standard InChI is InChI=1S/C14H21N3O2/c1-15-11-5-8-16-12(9-11)13(18)17(2)10-14(19)6-3-4-7-14/h5,8-9,19H,3-4,6-7,10H2,1-2H3,(H,15,16). The molecule has 0 saturated heterocycles. The number of likely N-dealkylation sites (N-methyl/N-ethyl adjacent to an activating group) is 1. The Morgan fingerprint density at radius 1 is 1.53 bits per heavy atom. The Kier molecular flexibility index (Phi) is 4.04. The van der Waals surface area contributed by atoms with Gasteiger partial charge in [-0.25, -0.2) is 0 Å². The molecule has 1 amide bonds. The summed E-state index contributed by atoms with van der Waals surface area (Å²) in [4.78, 5) is 17.9. The molecule has 0 aromatic carbocycles. The summed E-state index contributed by atoms with van der Waals surface area (Å²) in [7, 11) is 3.51. The Labute approximate surface area is 113 Å². The molecule has 1 aliphatic rings. The maximum atomic E-state index is 12.3.